The van der Waals surface area contributed by atoms with Crippen LogP contribution in [0.15, 0.2) is 40.0 Å². The Morgan fingerprint density at radius 2 is 1.92 bits per heavy atom. The van der Waals surface area contributed by atoms with Crippen molar-refractivity contribution in [3.63, 3.8) is 0 Å². The lowest BCUT2D eigenvalue weighted by molar-refractivity contribution is -0.137. The van der Waals surface area contributed by atoms with Crippen LogP contribution in [0.1, 0.15) is 0 Å². The number of fused-ring (bicyclic) bond motifs is 2. The summed E-state index contributed by atoms with van der Waals surface area (Å²) in [5.74, 6) is -0.981. The Bertz CT molecular complexity index is 1060. The van der Waals surface area contributed by atoms with E-state index in [4.69, 9.17) is 11.6 Å². The van der Waals surface area contributed by atoms with E-state index < -0.39 is 5.97 Å². The maximum absolute atomic E-state index is 13.0. The normalized spacial score (nSPS) is 11.2. The van der Waals surface area contributed by atoms with Crippen LogP contribution in [0, 0.1) is 0 Å². The molecule has 3 aromatic rings. The van der Waals surface area contributed by atoms with Gasteiger partial charge < -0.3 is 14.6 Å². The minimum Gasteiger partial charge on any atom is -0.480 e. The van der Waals surface area contributed by atoms with Crippen molar-refractivity contribution in [1.29, 1.82) is 0 Å². The predicted molar refractivity (Wildman–Crippen MR) is 104 cm³/mol. The van der Waals surface area contributed by atoms with Crippen molar-refractivity contribution in [2.24, 2.45) is 0 Å². The Labute approximate surface area is 153 Å². The molecular weight excluding hydrogens is 360 g/mol. The number of thioether (sulfide) groups is 1. The Kier molecular flexibility index (Phi) is 4.67. The first-order valence-electron chi connectivity index (χ1n) is 7.57. The zero-order valence-corrected chi connectivity index (χ0v) is 15.6. The number of carboxylic acid groups (broad SMARTS) is 1. The van der Waals surface area contributed by atoms with Crippen LogP contribution in [0.2, 0.25) is 5.02 Å². The number of aliphatic carboxylic acids is 1. The summed E-state index contributed by atoms with van der Waals surface area (Å²) in [4.78, 5) is 27.2. The summed E-state index contributed by atoms with van der Waals surface area (Å²) >= 11 is 7.90. The average Bonchev–Trinajstić information content (AvgIpc) is 2.57. The molecule has 2 aromatic carbocycles. The maximum Gasteiger partial charge on any atom is 0.323 e. The number of hydrogen-bond donors (Lipinski definition) is 1. The number of nitrogens with zero attached hydrogens (tertiary/aromatic N) is 2. The van der Waals surface area contributed by atoms with Gasteiger partial charge in [0.2, 0.25) is 0 Å². The maximum atomic E-state index is 13.0. The molecule has 0 aliphatic rings. The third kappa shape index (κ3) is 2.96. The topological polar surface area (TPSA) is 62.5 Å². The predicted octanol–water partition coefficient (Wildman–Crippen LogP) is 3.68. The molecule has 25 heavy (non-hydrogen) atoms. The van der Waals surface area contributed by atoms with E-state index in [0.29, 0.717) is 32.5 Å². The monoisotopic (exact) mass is 376 g/mol. The summed E-state index contributed by atoms with van der Waals surface area (Å²) in [5.41, 5.74) is 1.64. The van der Waals surface area contributed by atoms with Crippen LogP contribution >= 0.6 is 23.4 Å². The minimum atomic E-state index is -0.981. The molecule has 0 saturated carbocycles. The first kappa shape index (κ1) is 17.6. The summed E-state index contributed by atoms with van der Waals surface area (Å²) in [6.07, 6.45) is 1.93. The molecule has 5 nitrogen and oxygen atoms in total. The average molecular weight is 377 g/mol. The van der Waals surface area contributed by atoms with Crippen molar-refractivity contribution in [2.45, 2.75) is 11.4 Å². The number of carbonyl (C=O) groups is 1. The molecule has 0 fully saturated rings. The van der Waals surface area contributed by atoms with Gasteiger partial charge in [-0.3, -0.25) is 9.59 Å². The number of benzene rings is 2. The fourth-order valence-corrected chi connectivity index (χ4v) is 3.81. The molecule has 1 heterocycles. The van der Waals surface area contributed by atoms with Crippen molar-refractivity contribution < 1.29 is 9.90 Å². The van der Waals surface area contributed by atoms with Gasteiger partial charge in [0.05, 0.1) is 21.7 Å². The first-order chi connectivity index (χ1) is 11.8. The number of hydrogen-bond acceptors (Lipinski definition) is 4. The summed E-state index contributed by atoms with van der Waals surface area (Å²) in [6, 6.07) is 8.81. The van der Waals surface area contributed by atoms with Gasteiger partial charge in [-0.1, -0.05) is 11.6 Å². The van der Waals surface area contributed by atoms with Crippen molar-refractivity contribution in [3.05, 3.63) is 45.6 Å². The number of aromatic nitrogens is 1. The van der Waals surface area contributed by atoms with Crippen molar-refractivity contribution in [1.82, 2.24) is 4.57 Å². The molecule has 0 unspecified atom stereocenters. The highest BCUT2D eigenvalue weighted by atomic mass is 35.5. The zero-order valence-electron chi connectivity index (χ0n) is 14.0. The van der Waals surface area contributed by atoms with E-state index in [1.54, 1.807) is 27.7 Å². The Balaban J connectivity index is 2.62. The third-order valence-corrected chi connectivity index (χ3v) is 5.13. The molecule has 0 aliphatic heterocycles. The van der Waals surface area contributed by atoms with Gasteiger partial charge in [0.15, 0.2) is 5.43 Å². The zero-order chi connectivity index (χ0) is 18.3. The molecular formula is C18H17ClN2O3S. The van der Waals surface area contributed by atoms with Crippen LogP contribution < -0.4 is 10.3 Å². The Morgan fingerprint density at radius 3 is 2.52 bits per heavy atom. The van der Waals surface area contributed by atoms with Gasteiger partial charge in [-0.25, -0.2) is 0 Å². The highest BCUT2D eigenvalue weighted by molar-refractivity contribution is 7.98. The van der Waals surface area contributed by atoms with E-state index in [0.717, 1.165) is 4.90 Å². The number of carboxylic acids is 1. The fraction of sp³-hybridized carbons (Fsp3) is 0.222. The van der Waals surface area contributed by atoms with Gasteiger partial charge >= 0.3 is 5.97 Å². The van der Waals surface area contributed by atoms with E-state index in [9.17, 15) is 14.7 Å². The lowest BCUT2D eigenvalue weighted by Gasteiger charge is -2.22. The molecule has 0 spiro atoms. The van der Waals surface area contributed by atoms with E-state index >= 15 is 0 Å². The molecule has 0 radical (unpaired) electrons. The largest absolute Gasteiger partial charge is 0.480 e. The lowest BCUT2D eigenvalue weighted by atomic mass is 10.1. The lowest BCUT2D eigenvalue weighted by Crippen LogP contribution is -2.19. The molecule has 7 heteroatoms. The highest BCUT2D eigenvalue weighted by Gasteiger charge is 2.19. The molecule has 0 aliphatic carbocycles. The minimum absolute atomic E-state index is 0.126. The Hall–Kier alpha value is -2.18. The van der Waals surface area contributed by atoms with Crippen LogP contribution in [0.4, 0.5) is 5.69 Å². The van der Waals surface area contributed by atoms with Crippen LogP contribution in [0.5, 0.6) is 0 Å². The molecule has 1 N–H and O–H groups in total. The van der Waals surface area contributed by atoms with Crippen LogP contribution in [0.25, 0.3) is 21.8 Å². The number of pyridine rings is 1. The first-order valence-corrected chi connectivity index (χ1v) is 9.17. The van der Waals surface area contributed by atoms with Crippen molar-refractivity contribution in [3.8, 4) is 0 Å². The summed E-state index contributed by atoms with van der Waals surface area (Å²) < 4.78 is 1.66. The smallest absolute Gasteiger partial charge is 0.323 e. The molecule has 0 amide bonds. The van der Waals surface area contributed by atoms with Crippen molar-refractivity contribution in [2.75, 3.05) is 25.3 Å². The van der Waals surface area contributed by atoms with Gasteiger partial charge in [-0.15, -0.1) is 11.8 Å². The molecule has 3 rings (SSSR count). The van der Waals surface area contributed by atoms with Crippen LogP contribution in [0.3, 0.4) is 0 Å². The Morgan fingerprint density at radius 1 is 1.24 bits per heavy atom. The quantitative estimate of drug-likeness (QED) is 0.556. The summed E-state index contributed by atoms with van der Waals surface area (Å²) in [5, 5.41) is 10.9. The SMILES string of the molecule is CSc1ccc2c(=O)c3ccc(Cl)c(N(C)C)c3n(CC(=O)O)c2c1. The van der Waals surface area contributed by atoms with E-state index in [-0.39, 0.29) is 12.0 Å². The standard InChI is InChI=1S/C18H17ClN2O3S/c1-20(2)17-13(19)7-6-12-16(17)21(9-15(22)23)14-8-10(25-3)4-5-11(14)18(12)24/h4-8H,9H2,1-3H3,(H,22,23). The van der Waals surface area contributed by atoms with E-state index in [2.05, 4.69) is 0 Å². The van der Waals surface area contributed by atoms with Gasteiger partial charge in [0, 0.05) is 29.8 Å². The van der Waals surface area contributed by atoms with Crippen LogP contribution in [-0.4, -0.2) is 36.0 Å². The van der Waals surface area contributed by atoms with E-state index in [1.165, 1.54) is 11.8 Å². The number of halogens is 1. The summed E-state index contributed by atoms with van der Waals surface area (Å²) in [6.45, 7) is -0.258. The second kappa shape index (κ2) is 6.61. The second-order valence-corrected chi connectivity index (χ2v) is 7.17. The highest BCUT2D eigenvalue weighted by Crippen LogP contribution is 2.34. The van der Waals surface area contributed by atoms with Crippen molar-refractivity contribution >= 4 is 56.8 Å². The van der Waals surface area contributed by atoms with Gasteiger partial charge in [-0.2, -0.15) is 0 Å². The van der Waals surface area contributed by atoms with Gasteiger partial charge in [0.1, 0.15) is 6.54 Å². The van der Waals surface area contributed by atoms with Gasteiger partial charge in [0.25, 0.3) is 0 Å². The van der Waals surface area contributed by atoms with E-state index in [1.807, 2.05) is 32.5 Å². The molecule has 0 atom stereocenters. The number of anilines is 1. The van der Waals surface area contributed by atoms with Crippen LogP contribution in [-0.2, 0) is 11.3 Å². The fourth-order valence-electron chi connectivity index (χ4n) is 3.06. The number of rotatable bonds is 4. The molecule has 130 valence electrons. The molecule has 0 saturated heterocycles. The second-order valence-electron chi connectivity index (χ2n) is 5.88. The molecule has 0 bridgehead atoms. The summed E-state index contributed by atoms with van der Waals surface area (Å²) in [7, 11) is 3.64. The molecule has 1 aromatic heterocycles. The third-order valence-electron chi connectivity index (χ3n) is 4.10. The van der Waals surface area contributed by atoms with Gasteiger partial charge in [-0.05, 0) is 36.6 Å².